The molecule has 0 unspecified atom stereocenters. The van der Waals surface area contributed by atoms with E-state index in [0.717, 1.165) is 5.56 Å². The largest absolute Gasteiger partial charge is 0.497 e. The van der Waals surface area contributed by atoms with Gasteiger partial charge in [-0.2, -0.15) is 0 Å². The summed E-state index contributed by atoms with van der Waals surface area (Å²) in [5.74, 6) is 0.756. The highest BCUT2D eigenvalue weighted by molar-refractivity contribution is 5.85. The molecule has 132 valence electrons. The predicted molar refractivity (Wildman–Crippen MR) is 94.4 cm³/mol. The lowest BCUT2D eigenvalue weighted by atomic mass is 10.2. The number of nitrogens with zero attached hydrogens (tertiary/aromatic N) is 1. The zero-order valence-electron chi connectivity index (χ0n) is 14.4. The van der Waals surface area contributed by atoms with Crippen LogP contribution in [0.3, 0.4) is 0 Å². The summed E-state index contributed by atoms with van der Waals surface area (Å²) in [6.45, 7) is 0.286. The summed E-state index contributed by atoms with van der Waals surface area (Å²) in [6, 6.07) is 16.6. The molecule has 0 heterocycles. The molecule has 0 aromatic heterocycles. The molecule has 6 heteroatoms. The van der Waals surface area contributed by atoms with Gasteiger partial charge in [0.05, 0.1) is 13.7 Å². The van der Waals surface area contributed by atoms with Crippen LogP contribution in [0.25, 0.3) is 0 Å². The van der Waals surface area contributed by atoms with Gasteiger partial charge in [0.1, 0.15) is 11.5 Å². The van der Waals surface area contributed by atoms with E-state index < -0.39 is 0 Å². The van der Waals surface area contributed by atoms with E-state index in [0.29, 0.717) is 18.0 Å². The third kappa shape index (κ3) is 6.18. The average molecular weight is 342 g/mol. The number of benzene rings is 2. The molecule has 2 amide bonds. The Morgan fingerprint density at radius 1 is 1.00 bits per heavy atom. The SMILES string of the molecule is COc1ccc(OCC(=O)NCC(=O)N(C)Cc2ccccc2)cc1. The van der Waals surface area contributed by atoms with E-state index in [-0.39, 0.29) is 25.0 Å². The summed E-state index contributed by atoms with van der Waals surface area (Å²) in [4.78, 5) is 25.4. The maximum Gasteiger partial charge on any atom is 0.258 e. The van der Waals surface area contributed by atoms with Crippen LogP contribution in [0.4, 0.5) is 0 Å². The molecule has 0 fully saturated rings. The first-order valence-corrected chi connectivity index (χ1v) is 7.90. The minimum atomic E-state index is -0.350. The van der Waals surface area contributed by atoms with Gasteiger partial charge in [-0.3, -0.25) is 9.59 Å². The van der Waals surface area contributed by atoms with Crippen molar-refractivity contribution in [2.75, 3.05) is 27.3 Å². The van der Waals surface area contributed by atoms with Crippen molar-refractivity contribution in [1.82, 2.24) is 10.2 Å². The van der Waals surface area contributed by atoms with E-state index in [4.69, 9.17) is 9.47 Å². The van der Waals surface area contributed by atoms with Gasteiger partial charge in [-0.1, -0.05) is 30.3 Å². The Morgan fingerprint density at radius 3 is 2.28 bits per heavy atom. The number of amides is 2. The maximum atomic E-state index is 12.1. The number of carbonyl (C=O) groups excluding carboxylic acids is 2. The van der Waals surface area contributed by atoms with Crippen molar-refractivity contribution in [1.29, 1.82) is 0 Å². The van der Waals surface area contributed by atoms with Crippen LogP contribution in [0.1, 0.15) is 5.56 Å². The molecule has 2 aromatic carbocycles. The Balaban J connectivity index is 1.70. The number of ether oxygens (including phenoxy) is 2. The van der Waals surface area contributed by atoms with Crippen LogP contribution in [-0.4, -0.2) is 44.0 Å². The molecular formula is C19H22N2O4. The third-order valence-electron chi connectivity index (χ3n) is 3.55. The molecule has 2 rings (SSSR count). The first kappa shape index (κ1) is 18.3. The molecule has 0 aliphatic heterocycles. The fraction of sp³-hybridized carbons (Fsp3) is 0.263. The summed E-state index contributed by atoms with van der Waals surface area (Å²) >= 11 is 0. The lowest BCUT2D eigenvalue weighted by Crippen LogP contribution is -2.39. The molecule has 6 nitrogen and oxygen atoms in total. The van der Waals surface area contributed by atoms with E-state index in [1.807, 2.05) is 30.3 Å². The molecular weight excluding hydrogens is 320 g/mol. The van der Waals surface area contributed by atoms with Crippen LogP contribution in [0.5, 0.6) is 11.5 Å². The van der Waals surface area contributed by atoms with Crippen LogP contribution in [0.2, 0.25) is 0 Å². The van der Waals surface area contributed by atoms with Crippen LogP contribution in [-0.2, 0) is 16.1 Å². The first-order chi connectivity index (χ1) is 12.1. The van der Waals surface area contributed by atoms with Gasteiger partial charge in [0.15, 0.2) is 6.61 Å². The van der Waals surface area contributed by atoms with Gasteiger partial charge in [-0.15, -0.1) is 0 Å². The third-order valence-corrected chi connectivity index (χ3v) is 3.55. The second-order valence-electron chi connectivity index (χ2n) is 5.48. The topological polar surface area (TPSA) is 67.9 Å². The standard InChI is InChI=1S/C19H22N2O4/c1-21(13-15-6-4-3-5-7-15)19(23)12-20-18(22)14-25-17-10-8-16(24-2)9-11-17/h3-11H,12-14H2,1-2H3,(H,20,22). The highest BCUT2D eigenvalue weighted by Crippen LogP contribution is 2.16. The second-order valence-corrected chi connectivity index (χ2v) is 5.48. The number of methoxy groups -OCH3 is 1. The Hall–Kier alpha value is -3.02. The lowest BCUT2D eigenvalue weighted by Gasteiger charge is -2.17. The molecule has 1 N–H and O–H groups in total. The van der Waals surface area contributed by atoms with E-state index in [9.17, 15) is 9.59 Å². The van der Waals surface area contributed by atoms with Crippen LogP contribution in [0.15, 0.2) is 54.6 Å². The normalized spacial score (nSPS) is 10.0. The van der Waals surface area contributed by atoms with Crippen LogP contribution >= 0.6 is 0 Å². The highest BCUT2D eigenvalue weighted by atomic mass is 16.5. The van der Waals surface area contributed by atoms with Crippen molar-refractivity contribution in [3.63, 3.8) is 0 Å². The first-order valence-electron chi connectivity index (χ1n) is 7.90. The number of rotatable bonds is 8. The van der Waals surface area contributed by atoms with Gasteiger partial charge < -0.3 is 19.7 Å². The molecule has 25 heavy (non-hydrogen) atoms. The summed E-state index contributed by atoms with van der Waals surface area (Å²) in [5, 5.41) is 2.56. The molecule has 0 bridgehead atoms. The molecule has 0 aliphatic carbocycles. The van der Waals surface area contributed by atoms with E-state index in [1.54, 1.807) is 43.3 Å². The number of likely N-dealkylation sites (N-methyl/N-ethyl adjacent to an activating group) is 1. The lowest BCUT2D eigenvalue weighted by molar-refractivity contribution is -0.132. The van der Waals surface area contributed by atoms with Gasteiger partial charge in [0.25, 0.3) is 5.91 Å². The minimum absolute atomic E-state index is 0.0614. The Bertz CT molecular complexity index is 686. The van der Waals surface area contributed by atoms with Crippen LogP contribution in [0, 0.1) is 0 Å². The average Bonchev–Trinajstić information content (AvgIpc) is 2.65. The summed E-state index contributed by atoms with van der Waals surface area (Å²) in [6.07, 6.45) is 0. The number of hydrogen-bond donors (Lipinski definition) is 1. The molecule has 0 aliphatic rings. The van der Waals surface area contributed by atoms with E-state index in [2.05, 4.69) is 5.32 Å². The molecule has 0 spiro atoms. The highest BCUT2D eigenvalue weighted by Gasteiger charge is 2.11. The number of carbonyl (C=O) groups is 2. The molecule has 0 saturated carbocycles. The minimum Gasteiger partial charge on any atom is -0.497 e. The molecule has 2 aromatic rings. The number of hydrogen-bond acceptors (Lipinski definition) is 4. The zero-order chi connectivity index (χ0) is 18.1. The molecule has 0 atom stereocenters. The van der Waals surface area contributed by atoms with Gasteiger partial charge >= 0.3 is 0 Å². The Kier molecular flexibility index (Phi) is 6.83. The van der Waals surface area contributed by atoms with Crippen molar-refractivity contribution in [3.05, 3.63) is 60.2 Å². The van der Waals surface area contributed by atoms with Gasteiger partial charge in [0.2, 0.25) is 5.91 Å². The molecule has 0 radical (unpaired) electrons. The van der Waals surface area contributed by atoms with E-state index in [1.165, 1.54) is 0 Å². The monoisotopic (exact) mass is 342 g/mol. The van der Waals surface area contributed by atoms with Crippen molar-refractivity contribution in [2.45, 2.75) is 6.54 Å². The van der Waals surface area contributed by atoms with Gasteiger partial charge in [-0.05, 0) is 29.8 Å². The van der Waals surface area contributed by atoms with Crippen molar-refractivity contribution in [3.8, 4) is 11.5 Å². The zero-order valence-corrected chi connectivity index (χ0v) is 14.4. The van der Waals surface area contributed by atoms with Gasteiger partial charge in [-0.25, -0.2) is 0 Å². The predicted octanol–water partition coefficient (Wildman–Crippen LogP) is 1.85. The Morgan fingerprint density at radius 2 is 1.64 bits per heavy atom. The van der Waals surface area contributed by atoms with Gasteiger partial charge in [0, 0.05) is 13.6 Å². The van der Waals surface area contributed by atoms with E-state index >= 15 is 0 Å². The smallest absolute Gasteiger partial charge is 0.258 e. The quantitative estimate of drug-likeness (QED) is 0.795. The van der Waals surface area contributed by atoms with Crippen molar-refractivity contribution < 1.29 is 19.1 Å². The number of nitrogens with one attached hydrogen (secondary N) is 1. The summed E-state index contributed by atoms with van der Waals surface area (Å²) in [5.41, 5.74) is 1.03. The fourth-order valence-electron chi connectivity index (χ4n) is 2.13. The second kappa shape index (κ2) is 9.32. The molecule has 0 saturated heterocycles. The summed E-state index contributed by atoms with van der Waals surface area (Å²) < 4.78 is 10.4. The van der Waals surface area contributed by atoms with Crippen LogP contribution < -0.4 is 14.8 Å². The maximum absolute atomic E-state index is 12.1. The van der Waals surface area contributed by atoms with Crippen molar-refractivity contribution in [2.24, 2.45) is 0 Å². The summed E-state index contributed by atoms with van der Waals surface area (Å²) in [7, 11) is 3.28. The fourth-order valence-corrected chi connectivity index (χ4v) is 2.13. The van der Waals surface area contributed by atoms with Crippen molar-refractivity contribution >= 4 is 11.8 Å². The Labute approximate surface area is 147 Å².